The monoisotopic (exact) mass is 434 g/mol. The summed E-state index contributed by atoms with van der Waals surface area (Å²) in [4.78, 5) is 24.5. The van der Waals surface area contributed by atoms with Gasteiger partial charge in [0.15, 0.2) is 11.5 Å². The smallest absolute Gasteiger partial charge is 0.343 e. The Balaban J connectivity index is 1.62. The first-order chi connectivity index (χ1) is 15.5. The number of nitrogens with one attached hydrogen (secondary N) is 1. The van der Waals surface area contributed by atoms with E-state index in [9.17, 15) is 9.59 Å². The van der Waals surface area contributed by atoms with Gasteiger partial charge in [-0.2, -0.15) is 5.10 Å². The maximum Gasteiger partial charge on any atom is 0.343 e. The van der Waals surface area contributed by atoms with Crippen LogP contribution in [0.25, 0.3) is 0 Å². The molecular weight excluding hydrogens is 412 g/mol. The summed E-state index contributed by atoms with van der Waals surface area (Å²) in [6, 6.07) is 18.5. The summed E-state index contributed by atoms with van der Waals surface area (Å²) >= 11 is 0. The van der Waals surface area contributed by atoms with Gasteiger partial charge in [-0.05, 0) is 54.1 Å². The summed E-state index contributed by atoms with van der Waals surface area (Å²) < 4.78 is 21.1. The summed E-state index contributed by atoms with van der Waals surface area (Å²) in [6.07, 6.45) is 1.47. The largest absolute Gasteiger partial charge is 0.493 e. The molecule has 32 heavy (non-hydrogen) atoms. The first-order valence-electron chi connectivity index (χ1n) is 9.56. The highest BCUT2D eigenvalue weighted by atomic mass is 16.5. The molecule has 0 aliphatic heterocycles. The van der Waals surface area contributed by atoms with E-state index in [1.807, 2.05) is 6.07 Å². The molecular formula is C24H22N2O6. The number of hydrazone groups is 1. The van der Waals surface area contributed by atoms with Crippen molar-refractivity contribution >= 4 is 18.1 Å². The van der Waals surface area contributed by atoms with Crippen molar-refractivity contribution in [1.29, 1.82) is 0 Å². The Labute approximate surface area is 185 Å². The molecule has 0 heterocycles. The lowest BCUT2D eigenvalue weighted by Crippen LogP contribution is -2.18. The van der Waals surface area contributed by atoms with Gasteiger partial charge in [-0.25, -0.2) is 10.2 Å². The molecule has 164 valence electrons. The summed E-state index contributed by atoms with van der Waals surface area (Å²) in [5.74, 6) is 0.627. The van der Waals surface area contributed by atoms with Crippen LogP contribution in [-0.2, 0) is 0 Å². The molecule has 8 nitrogen and oxygen atoms in total. The van der Waals surface area contributed by atoms with Gasteiger partial charge in [0.25, 0.3) is 5.91 Å². The van der Waals surface area contributed by atoms with Crippen molar-refractivity contribution in [3.05, 3.63) is 83.4 Å². The van der Waals surface area contributed by atoms with E-state index >= 15 is 0 Å². The molecule has 0 fully saturated rings. The fourth-order valence-electron chi connectivity index (χ4n) is 2.80. The van der Waals surface area contributed by atoms with Crippen LogP contribution in [0.5, 0.6) is 23.0 Å². The standard InChI is InChI=1S/C24H22N2O6/c1-29-20-13-18(14-21(30-2)22(20)31-3)23(27)26-25-15-16-9-11-19(12-10-16)32-24(28)17-7-5-4-6-8-17/h4-15H,1-3H3,(H,26,27). The number of carbonyl (C=O) groups excluding carboxylic acids is 2. The van der Waals surface area contributed by atoms with Gasteiger partial charge in [-0.1, -0.05) is 18.2 Å². The number of ether oxygens (including phenoxy) is 4. The van der Waals surface area contributed by atoms with Crippen molar-refractivity contribution in [2.75, 3.05) is 21.3 Å². The van der Waals surface area contributed by atoms with Gasteiger partial charge in [0.2, 0.25) is 5.75 Å². The quantitative estimate of drug-likeness (QED) is 0.251. The average Bonchev–Trinajstić information content (AvgIpc) is 2.84. The van der Waals surface area contributed by atoms with Crippen molar-refractivity contribution in [1.82, 2.24) is 5.43 Å². The zero-order valence-electron chi connectivity index (χ0n) is 17.8. The molecule has 3 aromatic rings. The molecule has 3 aromatic carbocycles. The number of amides is 1. The highest BCUT2D eigenvalue weighted by Gasteiger charge is 2.16. The minimum Gasteiger partial charge on any atom is -0.493 e. The van der Waals surface area contributed by atoms with E-state index in [0.29, 0.717) is 39.7 Å². The van der Waals surface area contributed by atoms with Gasteiger partial charge in [-0.3, -0.25) is 4.79 Å². The van der Waals surface area contributed by atoms with E-state index in [4.69, 9.17) is 18.9 Å². The van der Waals surface area contributed by atoms with Crippen LogP contribution in [-0.4, -0.2) is 39.4 Å². The van der Waals surface area contributed by atoms with Crippen LogP contribution in [0.1, 0.15) is 26.3 Å². The summed E-state index contributed by atoms with van der Waals surface area (Å²) in [5, 5.41) is 3.96. The molecule has 0 spiro atoms. The third-order valence-electron chi connectivity index (χ3n) is 4.41. The molecule has 1 amide bonds. The SMILES string of the molecule is COc1cc(C(=O)NN=Cc2ccc(OC(=O)c3ccccc3)cc2)cc(OC)c1OC. The van der Waals surface area contributed by atoms with Crippen molar-refractivity contribution in [3.8, 4) is 23.0 Å². The highest BCUT2D eigenvalue weighted by molar-refractivity contribution is 5.96. The fourth-order valence-corrected chi connectivity index (χ4v) is 2.80. The summed E-state index contributed by atoms with van der Waals surface area (Å²) in [6.45, 7) is 0. The van der Waals surface area contributed by atoms with Gasteiger partial charge in [0.1, 0.15) is 5.75 Å². The molecule has 0 aliphatic rings. The maximum absolute atomic E-state index is 12.4. The van der Waals surface area contributed by atoms with E-state index in [1.165, 1.54) is 39.7 Å². The van der Waals surface area contributed by atoms with Gasteiger partial charge in [0, 0.05) is 5.56 Å². The Kier molecular flexibility index (Phi) is 7.42. The minimum absolute atomic E-state index is 0.292. The fraction of sp³-hybridized carbons (Fsp3) is 0.125. The predicted molar refractivity (Wildman–Crippen MR) is 119 cm³/mol. The van der Waals surface area contributed by atoms with Crippen LogP contribution >= 0.6 is 0 Å². The van der Waals surface area contributed by atoms with Crippen LogP contribution in [0, 0.1) is 0 Å². The van der Waals surface area contributed by atoms with Crippen LogP contribution in [0.15, 0.2) is 71.8 Å². The number of hydrogen-bond donors (Lipinski definition) is 1. The van der Waals surface area contributed by atoms with E-state index in [2.05, 4.69) is 10.5 Å². The normalized spacial score (nSPS) is 10.5. The average molecular weight is 434 g/mol. The Hall–Kier alpha value is -4.33. The Morgan fingerprint density at radius 3 is 2.00 bits per heavy atom. The van der Waals surface area contributed by atoms with E-state index < -0.39 is 11.9 Å². The van der Waals surface area contributed by atoms with Gasteiger partial charge in [-0.15, -0.1) is 0 Å². The van der Waals surface area contributed by atoms with E-state index in [1.54, 1.807) is 48.5 Å². The molecule has 0 saturated carbocycles. The van der Waals surface area contributed by atoms with E-state index in [-0.39, 0.29) is 0 Å². The van der Waals surface area contributed by atoms with Crippen molar-refractivity contribution in [2.24, 2.45) is 5.10 Å². The molecule has 8 heteroatoms. The molecule has 0 aromatic heterocycles. The second-order valence-corrected chi connectivity index (χ2v) is 6.44. The van der Waals surface area contributed by atoms with Gasteiger partial charge < -0.3 is 18.9 Å². The summed E-state index contributed by atoms with van der Waals surface area (Å²) in [7, 11) is 4.42. The first kappa shape index (κ1) is 22.4. The Morgan fingerprint density at radius 2 is 1.44 bits per heavy atom. The number of esters is 1. The molecule has 0 bridgehead atoms. The minimum atomic E-state index is -0.450. The third-order valence-corrected chi connectivity index (χ3v) is 4.41. The van der Waals surface area contributed by atoms with E-state index in [0.717, 1.165) is 0 Å². The number of benzene rings is 3. The second kappa shape index (κ2) is 10.6. The molecule has 0 radical (unpaired) electrons. The number of carbonyl (C=O) groups is 2. The molecule has 0 saturated heterocycles. The third kappa shape index (κ3) is 5.42. The lowest BCUT2D eigenvalue weighted by molar-refractivity contribution is 0.0734. The summed E-state index contributed by atoms with van der Waals surface area (Å²) in [5.41, 5.74) is 3.91. The molecule has 0 aliphatic carbocycles. The number of methoxy groups -OCH3 is 3. The second-order valence-electron chi connectivity index (χ2n) is 6.44. The van der Waals surface area contributed by atoms with Gasteiger partial charge >= 0.3 is 5.97 Å². The topological polar surface area (TPSA) is 95.5 Å². The predicted octanol–water partition coefficient (Wildman–Crippen LogP) is 3.70. The molecule has 0 unspecified atom stereocenters. The zero-order chi connectivity index (χ0) is 22.9. The lowest BCUT2D eigenvalue weighted by atomic mass is 10.1. The zero-order valence-corrected chi connectivity index (χ0v) is 17.8. The van der Waals surface area contributed by atoms with Crippen LogP contribution in [0.2, 0.25) is 0 Å². The van der Waals surface area contributed by atoms with Crippen molar-refractivity contribution in [2.45, 2.75) is 0 Å². The number of nitrogens with zero attached hydrogens (tertiary/aromatic N) is 1. The maximum atomic E-state index is 12.4. The molecule has 1 N–H and O–H groups in total. The molecule has 3 rings (SSSR count). The number of rotatable bonds is 8. The molecule has 0 atom stereocenters. The van der Waals surface area contributed by atoms with Crippen molar-refractivity contribution in [3.63, 3.8) is 0 Å². The van der Waals surface area contributed by atoms with Crippen LogP contribution in [0.3, 0.4) is 0 Å². The van der Waals surface area contributed by atoms with Gasteiger partial charge in [0.05, 0.1) is 33.1 Å². The van der Waals surface area contributed by atoms with Crippen LogP contribution < -0.4 is 24.4 Å². The van der Waals surface area contributed by atoms with Crippen LogP contribution in [0.4, 0.5) is 0 Å². The highest BCUT2D eigenvalue weighted by Crippen LogP contribution is 2.38. The first-order valence-corrected chi connectivity index (χ1v) is 9.56. The lowest BCUT2D eigenvalue weighted by Gasteiger charge is -2.13. The van der Waals surface area contributed by atoms with Crippen molar-refractivity contribution < 1.29 is 28.5 Å². The Bertz CT molecular complexity index is 1090. The Morgan fingerprint density at radius 1 is 0.812 bits per heavy atom. The number of hydrogen-bond acceptors (Lipinski definition) is 7.